The molecule has 2 amide bonds. The average molecular weight is 561 g/mol. The van der Waals surface area contributed by atoms with Crippen molar-refractivity contribution < 1.29 is 29.0 Å². The van der Waals surface area contributed by atoms with E-state index in [4.69, 9.17) is 9.47 Å². The smallest absolute Gasteiger partial charge is 0.313 e. The lowest BCUT2D eigenvalue weighted by Gasteiger charge is -2.46. The van der Waals surface area contributed by atoms with Crippen LogP contribution < -0.4 is 0 Å². The van der Waals surface area contributed by atoms with E-state index in [9.17, 15) is 19.5 Å². The minimum atomic E-state index is -1.21. The highest BCUT2D eigenvalue weighted by molar-refractivity contribution is 5.99. The van der Waals surface area contributed by atoms with E-state index in [-0.39, 0.29) is 42.3 Å². The van der Waals surface area contributed by atoms with Crippen molar-refractivity contribution in [1.82, 2.24) is 9.80 Å². The van der Waals surface area contributed by atoms with Gasteiger partial charge >= 0.3 is 5.97 Å². The van der Waals surface area contributed by atoms with Crippen LogP contribution in [0.2, 0.25) is 0 Å². The maximum Gasteiger partial charge on any atom is 0.313 e. The van der Waals surface area contributed by atoms with Crippen molar-refractivity contribution in [1.29, 1.82) is 0 Å². The number of ether oxygens (including phenoxy) is 2. The molecule has 0 aromatic heterocycles. The number of carbonyl (C=O) groups is 3. The van der Waals surface area contributed by atoms with Crippen molar-refractivity contribution in [3.05, 3.63) is 25.3 Å². The molecule has 3 aliphatic heterocycles. The summed E-state index contributed by atoms with van der Waals surface area (Å²) in [7, 11) is 0. The molecule has 8 heteroatoms. The number of hydrogen-bond acceptors (Lipinski definition) is 6. The zero-order chi connectivity index (χ0) is 30.4. The number of esters is 1. The van der Waals surface area contributed by atoms with Gasteiger partial charge in [0.05, 0.1) is 24.2 Å². The molecular weight excluding hydrogens is 508 g/mol. The van der Waals surface area contributed by atoms with Crippen molar-refractivity contribution in [2.24, 2.45) is 29.1 Å². The fourth-order valence-corrected chi connectivity index (χ4v) is 8.06. The molecule has 0 saturated carbocycles. The number of aliphatic hydroxyl groups is 1. The summed E-state index contributed by atoms with van der Waals surface area (Å²) in [6.45, 7) is 26.0. The molecule has 0 radical (unpaired) electrons. The van der Waals surface area contributed by atoms with Gasteiger partial charge in [0.1, 0.15) is 24.2 Å². The highest BCUT2D eigenvalue weighted by atomic mass is 16.6. The van der Waals surface area contributed by atoms with Gasteiger partial charge in [-0.05, 0) is 57.3 Å². The van der Waals surface area contributed by atoms with Crippen LogP contribution >= 0.6 is 0 Å². The molecule has 0 aliphatic carbocycles. The maximum atomic E-state index is 14.9. The van der Waals surface area contributed by atoms with E-state index < -0.39 is 46.6 Å². The summed E-state index contributed by atoms with van der Waals surface area (Å²) in [5, 5.41) is 10.6. The van der Waals surface area contributed by atoms with E-state index in [1.54, 1.807) is 11.0 Å². The van der Waals surface area contributed by atoms with E-state index in [2.05, 4.69) is 33.9 Å². The van der Waals surface area contributed by atoms with E-state index in [1.807, 2.05) is 46.4 Å². The maximum absolute atomic E-state index is 14.9. The second-order valence-electron chi connectivity index (χ2n) is 14.6. The second kappa shape index (κ2) is 11.2. The highest BCUT2D eigenvalue weighted by Crippen LogP contribution is 2.66. The molecule has 1 spiro atoms. The van der Waals surface area contributed by atoms with Crippen LogP contribution in [0.5, 0.6) is 0 Å². The summed E-state index contributed by atoms with van der Waals surface area (Å²) in [5.74, 6) is -2.73. The average Bonchev–Trinajstić information content (AvgIpc) is 3.34. The SMILES string of the molecule is C=CCOC(=O)[C@@H]1[C@H]2C(=O)N([C@@H](CO)CC(C)C)C(C(=O)N(CC=C)C(C)(C)CC(C)(C)C)C23CC(C)[C@@]1(C)O3. The number of rotatable bonds is 12. The third-order valence-corrected chi connectivity index (χ3v) is 9.20. The monoisotopic (exact) mass is 560 g/mol. The molecule has 3 heterocycles. The van der Waals surface area contributed by atoms with Crippen LogP contribution in [-0.4, -0.2) is 81.3 Å². The minimum absolute atomic E-state index is 0.0283. The number of nitrogens with zero attached hydrogens (tertiary/aromatic N) is 2. The van der Waals surface area contributed by atoms with E-state index >= 15 is 0 Å². The molecule has 3 aliphatic rings. The van der Waals surface area contributed by atoms with Crippen LogP contribution in [0.3, 0.4) is 0 Å². The fourth-order valence-electron chi connectivity index (χ4n) is 8.06. The summed E-state index contributed by atoms with van der Waals surface area (Å²) in [5.41, 5.74) is -2.79. The standard InChI is InChI=1S/C32H52N2O6/c1-12-14-33(30(9,10)19-29(6,7)8)27(37)25-32-17-21(5)31(11,40-32)24(28(38)39-15-13-2)23(32)26(36)34(25)22(18-35)16-20(3)4/h12-13,20-25,35H,1-2,14-19H2,3-11H3/t21?,22-,23+,24+,25?,31-,32?/m1/s1. The van der Waals surface area contributed by atoms with Crippen molar-refractivity contribution in [2.75, 3.05) is 19.8 Å². The first-order valence-electron chi connectivity index (χ1n) is 14.7. The van der Waals surface area contributed by atoms with Crippen LogP contribution in [0.25, 0.3) is 0 Å². The first-order valence-corrected chi connectivity index (χ1v) is 14.7. The normalized spacial score (nSPS) is 32.3. The van der Waals surface area contributed by atoms with Gasteiger partial charge in [0, 0.05) is 12.1 Å². The Kier molecular flexibility index (Phi) is 9.08. The van der Waals surface area contributed by atoms with Gasteiger partial charge in [0.25, 0.3) is 0 Å². The van der Waals surface area contributed by atoms with Gasteiger partial charge in [-0.3, -0.25) is 14.4 Å². The Hall–Kier alpha value is -2.19. The second-order valence-corrected chi connectivity index (χ2v) is 14.6. The predicted molar refractivity (Wildman–Crippen MR) is 155 cm³/mol. The molecule has 3 rings (SSSR count). The summed E-state index contributed by atoms with van der Waals surface area (Å²) in [6.07, 6.45) is 4.90. The van der Waals surface area contributed by atoms with E-state index in [0.717, 1.165) is 6.42 Å². The molecular formula is C32H52N2O6. The summed E-state index contributed by atoms with van der Waals surface area (Å²) in [4.78, 5) is 46.3. The topological polar surface area (TPSA) is 96.4 Å². The quantitative estimate of drug-likeness (QED) is 0.281. The lowest BCUT2D eigenvalue weighted by Crippen LogP contribution is -2.62. The fraction of sp³-hybridized carbons (Fsp3) is 0.781. The third kappa shape index (κ3) is 5.38. The van der Waals surface area contributed by atoms with Crippen LogP contribution in [0.1, 0.15) is 81.6 Å². The van der Waals surface area contributed by atoms with Crippen LogP contribution in [-0.2, 0) is 23.9 Å². The Morgan fingerprint density at radius 1 is 1.23 bits per heavy atom. The molecule has 40 heavy (non-hydrogen) atoms. The van der Waals surface area contributed by atoms with Gasteiger partial charge in [-0.2, -0.15) is 0 Å². The number of carbonyl (C=O) groups excluding carboxylic acids is 3. The Balaban J connectivity index is 2.21. The summed E-state index contributed by atoms with van der Waals surface area (Å²) >= 11 is 0. The summed E-state index contributed by atoms with van der Waals surface area (Å²) in [6, 6.07) is -1.57. The van der Waals surface area contributed by atoms with Crippen molar-refractivity contribution in [3.8, 4) is 0 Å². The molecule has 8 nitrogen and oxygen atoms in total. The number of amides is 2. The Morgan fingerprint density at radius 2 is 1.85 bits per heavy atom. The summed E-state index contributed by atoms with van der Waals surface area (Å²) < 4.78 is 12.3. The van der Waals surface area contributed by atoms with E-state index in [1.165, 1.54) is 6.08 Å². The lowest BCUT2D eigenvalue weighted by atomic mass is 9.62. The largest absolute Gasteiger partial charge is 0.461 e. The zero-order valence-corrected chi connectivity index (χ0v) is 26.2. The van der Waals surface area contributed by atoms with Crippen molar-refractivity contribution >= 4 is 17.8 Å². The van der Waals surface area contributed by atoms with Gasteiger partial charge in [-0.25, -0.2) is 0 Å². The number of aliphatic hydroxyl groups excluding tert-OH is 1. The van der Waals surface area contributed by atoms with Crippen LogP contribution in [0, 0.1) is 29.1 Å². The van der Waals surface area contributed by atoms with Crippen LogP contribution in [0.4, 0.5) is 0 Å². The van der Waals surface area contributed by atoms with Gasteiger partial charge in [0.15, 0.2) is 0 Å². The molecule has 7 atom stereocenters. The number of fused-ring (bicyclic) bond motifs is 1. The molecule has 226 valence electrons. The Bertz CT molecular complexity index is 1020. The molecule has 2 bridgehead atoms. The molecule has 0 aromatic rings. The first kappa shape index (κ1) is 32.3. The predicted octanol–water partition coefficient (Wildman–Crippen LogP) is 4.36. The molecule has 0 aromatic carbocycles. The van der Waals surface area contributed by atoms with Gasteiger partial charge in [-0.15, -0.1) is 6.58 Å². The Morgan fingerprint density at radius 3 is 2.35 bits per heavy atom. The van der Waals surface area contributed by atoms with Gasteiger partial charge in [-0.1, -0.05) is 60.3 Å². The Labute approximate surface area is 241 Å². The molecule has 3 fully saturated rings. The molecule has 3 unspecified atom stereocenters. The minimum Gasteiger partial charge on any atom is -0.461 e. The highest BCUT2D eigenvalue weighted by Gasteiger charge is 2.81. The first-order chi connectivity index (χ1) is 18.4. The number of hydrogen-bond donors (Lipinski definition) is 1. The molecule has 3 saturated heterocycles. The van der Waals surface area contributed by atoms with Crippen molar-refractivity contribution in [2.45, 2.75) is 110 Å². The third-order valence-electron chi connectivity index (χ3n) is 9.20. The number of likely N-dealkylation sites (tertiary alicyclic amines) is 1. The van der Waals surface area contributed by atoms with E-state index in [0.29, 0.717) is 19.4 Å². The van der Waals surface area contributed by atoms with Crippen LogP contribution in [0.15, 0.2) is 25.3 Å². The lowest BCUT2D eigenvalue weighted by molar-refractivity contribution is -0.164. The zero-order valence-electron chi connectivity index (χ0n) is 26.2. The van der Waals surface area contributed by atoms with Crippen molar-refractivity contribution in [3.63, 3.8) is 0 Å². The molecule has 1 N–H and O–H groups in total. The van der Waals surface area contributed by atoms with Gasteiger partial charge in [0.2, 0.25) is 11.8 Å². The van der Waals surface area contributed by atoms with Gasteiger partial charge < -0.3 is 24.4 Å².